The van der Waals surface area contributed by atoms with E-state index in [9.17, 15) is 9.46 Å². The number of quaternary nitrogens is 1. The summed E-state index contributed by atoms with van der Waals surface area (Å²) in [6, 6.07) is 0. The molecule has 8 heteroatoms. The summed E-state index contributed by atoms with van der Waals surface area (Å²) in [5, 5.41) is 3.15. The third kappa shape index (κ3) is 21.2. The number of rotatable bonds is 22. The molecule has 0 spiro atoms. The molecule has 0 heterocycles. The predicted molar refractivity (Wildman–Crippen MR) is 125 cm³/mol. The molecule has 0 aromatic rings. The van der Waals surface area contributed by atoms with Crippen molar-refractivity contribution in [2.45, 2.75) is 84.2 Å². The van der Waals surface area contributed by atoms with Crippen molar-refractivity contribution in [2.24, 2.45) is 0 Å². The Labute approximate surface area is 186 Å². The van der Waals surface area contributed by atoms with Gasteiger partial charge in [-0.1, -0.05) is 71.6 Å². The van der Waals surface area contributed by atoms with E-state index in [4.69, 9.17) is 13.8 Å². The lowest BCUT2D eigenvalue weighted by Crippen LogP contribution is -2.37. The van der Waals surface area contributed by atoms with E-state index in [2.05, 4.69) is 12.2 Å². The summed E-state index contributed by atoms with van der Waals surface area (Å²) in [7, 11) is 1.92. The molecule has 0 aromatic carbocycles. The SMILES string of the molecule is CCCCCCCCCCCCOCC(CNCC)OP(=O)(O)OCC[N+](C)(C)C. The van der Waals surface area contributed by atoms with Gasteiger partial charge in [0, 0.05) is 13.2 Å². The predicted octanol–water partition coefficient (Wildman–Crippen LogP) is 4.74. The summed E-state index contributed by atoms with van der Waals surface area (Å²) in [6.07, 6.45) is 12.3. The summed E-state index contributed by atoms with van der Waals surface area (Å²) in [4.78, 5) is 9.99. The minimum Gasteiger partial charge on any atom is -0.379 e. The minimum atomic E-state index is -4.09. The van der Waals surface area contributed by atoms with Crippen molar-refractivity contribution in [2.75, 3.05) is 60.6 Å². The normalized spacial score (nSPS) is 15.3. The highest BCUT2D eigenvalue weighted by Gasteiger charge is 2.27. The zero-order chi connectivity index (χ0) is 22.7. The van der Waals surface area contributed by atoms with Gasteiger partial charge in [0.1, 0.15) is 19.3 Å². The van der Waals surface area contributed by atoms with Crippen LogP contribution in [0.25, 0.3) is 0 Å². The summed E-state index contributed by atoms with van der Waals surface area (Å²) in [5.41, 5.74) is 0. The molecule has 182 valence electrons. The number of nitrogens with one attached hydrogen (secondary N) is 1. The Hall–Kier alpha value is -0.0100. The lowest BCUT2D eigenvalue weighted by atomic mass is 10.1. The van der Waals surface area contributed by atoms with Gasteiger partial charge in [-0.15, -0.1) is 0 Å². The van der Waals surface area contributed by atoms with Crippen molar-refractivity contribution < 1.29 is 27.7 Å². The summed E-state index contributed by atoms with van der Waals surface area (Å²) in [6.45, 7) is 7.19. The molecule has 0 aliphatic carbocycles. The average Bonchev–Trinajstić information content (AvgIpc) is 2.65. The second-order valence-corrected chi connectivity index (χ2v) is 10.5. The van der Waals surface area contributed by atoms with E-state index in [-0.39, 0.29) is 13.2 Å². The van der Waals surface area contributed by atoms with Gasteiger partial charge in [0.05, 0.1) is 27.7 Å². The maximum Gasteiger partial charge on any atom is 0.472 e. The van der Waals surface area contributed by atoms with Crippen LogP contribution < -0.4 is 5.32 Å². The minimum absolute atomic E-state index is 0.171. The molecule has 2 N–H and O–H groups in total. The molecule has 7 nitrogen and oxygen atoms in total. The molecular weight excluding hydrogens is 403 g/mol. The maximum atomic E-state index is 12.2. The summed E-state index contributed by atoms with van der Waals surface area (Å²) in [5.74, 6) is 0. The standard InChI is InChI=1S/C22H49N2O5P/c1-6-8-9-10-11-12-13-14-15-16-18-27-21-22(20-23-7-2)29-30(25,26)28-19-17-24(3,4)5/h22-23H,6-21H2,1-5H3/p+1. The van der Waals surface area contributed by atoms with Gasteiger partial charge in [-0.25, -0.2) is 4.57 Å². The van der Waals surface area contributed by atoms with Crippen LogP contribution in [0.2, 0.25) is 0 Å². The van der Waals surface area contributed by atoms with Gasteiger partial charge in [0.25, 0.3) is 0 Å². The molecule has 0 aliphatic rings. The van der Waals surface area contributed by atoms with E-state index in [1.165, 1.54) is 57.8 Å². The number of phosphoric acid groups is 1. The van der Waals surface area contributed by atoms with Gasteiger partial charge in [-0.2, -0.15) is 0 Å². The van der Waals surface area contributed by atoms with E-state index in [0.29, 0.717) is 24.2 Å². The largest absolute Gasteiger partial charge is 0.472 e. The number of nitrogens with zero attached hydrogens (tertiary/aromatic N) is 1. The molecule has 0 fully saturated rings. The number of phosphoric ester groups is 1. The Morgan fingerprint density at radius 2 is 1.47 bits per heavy atom. The highest BCUT2D eigenvalue weighted by atomic mass is 31.2. The van der Waals surface area contributed by atoms with Gasteiger partial charge in [-0.05, 0) is 13.0 Å². The summed E-state index contributed by atoms with van der Waals surface area (Å²) < 4.78 is 29.1. The topological polar surface area (TPSA) is 77.0 Å². The third-order valence-electron chi connectivity index (χ3n) is 4.87. The van der Waals surface area contributed by atoms with Crippen LogP contribution in [0.3, 0.4) is 0 Å². The monoisotopic (exact) mass is 453 g/mol. The van der Waals surface area contributed by atoms with Crippen molar-refractivity contribution in [3.05, 3.63) is 0 Å². The first-order chi connectivity index (χ1) is 14.2. The fourth-order valence-corrected chi connectivity index (χ4v) is 3.87. The molecule has 0 saturated heterocycles. The van der Waals surface area contributed by atoms with Gasteiger partial charge < -0.3 is 19.4 Å². The molecule has 0 aromatic heterocycles. The van der Waals surface area contributed by atoms with Crippen molar-refractivity contribution in [3.8, 4) is 0 Å². The number of hydrogen-bond donors (Lipinski definition) is 2. The molecule has 0 aliphatic heterocycles. The number of hydrogen-bond acceptors (Lipinski definition) is 5. The first kappa shape index (κ1) is 30.0. The van der Waals surface area contributed by atoms with Crippen molar-refractivity contribution in [3.63, 3.8) is 0 Å². The van der Waals surface area contributed by atoms with Crippen molar-refractivity contribution >= 4 is 7.82 Å². The third-order valence-corrected chi connectivity index (χ3v) is 5.94. The quantitative estimate of drug-likeness (QED) is 0.140. The Balaban J connectivity index is 3.92. The summed E-state index contributed by atoms with van der Waals surface area (Å²) >= 11 is 0. The average molecular weight is 454 g/mol. The van der Waals surface area contributed by atoms with E-state index in [0.717, 1.165) is 13.0 Å². The highest BCUT2D eigenvalue weighted by Crippen LogP contribution is 2.44. The molecule has 0 saturated carbocycles. The molecule has 0 bridgehead atoms. The zero-order valence-electron chi connectivity index (χ0n) is 20.4. The van der Waals surface area contributed by atoms with Crippen molar-refractivity contribution in [1.29, 1.82) is 0 Å². The molecule has 0 rings (SSSR count). The first-order valence-electron chi connectivity index (χ1n) is 11.9. The van der Waals surface area contributed by atoms with E-state index in [1.54, 1.807) is 0 Å². The van der Waals surface area contributed by atoms with Gasteiger partial charge in [0.15, 0.2) is 0 Å². The second kappa shape index (κ2) is 18.6. The lowest BCUT2D eigenvalue weighted by molar-refractivity contribution is -0.870. The fraction of sp³-hybridized carbons (Fsp3) is 1.00. The van der Waals surface area contributed by atoms with Crippen LogP contribution in [-0.4, -0.2) is 76.1 Å². The van der Waals surface area contributed by atoms with Gasteiger partial charge in [0.2, 0.25) is 0 Å². The molecule has 2 unspecified atom stereocenters. The second-order valence-electron chi connectivity index (χ2n) is 9.11. The Morgan fingerprint density at radius 1 is 0.900 bits per heavy atom. The van der Waals surface area contributed by atoms with Gasteiger partial charge >= 0.3 is 7.82 Å². The zero-order valence-corrected chi connectivity index (χ0v) is 21.3. The fourth-order valence-electron chi connectivity index (χ4n) is 2.99. The van der Waals surface area contributed by atoms with E-state index >= 15 is 0 Å². The van der Waals surface area contributed by atoms with Crippen LogP contribution in [0.15, 0.2) is 0 Å². The number of ether oxygens (including phenoxy) is 1. The molecular formula is C22H50N2O5P+. The smallest absolute Gasteiger partial charge is 0.379 e. The Kier molecular flexibility index (Phi) is 18.5. The van der Waals surface area contributed by atoms with Gasteiger partial charge in [-0.3, -0.25) is 9.05 Å². The van der Waals surface area contributed by atoms with Crippen LogP contribution in [0.4, 0.5) is 0 Å². The number of likely N-dealkylation sites (N-methyl/N-ethyl adjacent to an activating group) is 2. The van der Waals surface area contributed by atoms with Crippen LogP contribution >= 0.6 is 7.82 Å². The Morgan fingerprint density at radius 3 is 2.00 bits per heavy atom. The van der Waals surface area contributed by atoms with Crippen LogP contribution in [0.1, 0.15) is 78.1 Å². The first-order valence-corrected chi connectivity index (χ1v) is 13.4. The van der Waals surface area contributed by atoms with Crippen LogP contribution in [-0.2, 0) is 18.3 Å². The number of unbranched alkanes of at least 4 members (excludes halogenated alkanes) is 9. The maximum absolute atomic E-state index is 12.2. The Bertz CT molecular complexity index is 432. The van der Waals surface area contributed by atoms with Crippen molar-refractivity contribution in [1.82, 2.24) is 5.32 Å². The molecule has 0 amide bonds. The lowest BCUT2D eigenvalue weighted by Gasteiger charge is -2.25. The van der Waals surface area contributed by atoms with Crippen LogP contribution in [0, 0.1) is 0 Å². The van der Waals surface area contributed by atoms with E-state index in [1.807, 2.05) is 28.1 Å². The molecule has 2 atom stereocenters. The van der Waals surface area contributed by atoms with E-state index < -0.39 is 13.9 Å². The highest BCUT2D eigenvalue weighted by molar-refractivity contribution is 7.47. The molecule has 30 heavy (non-hydrogen) atoms. The van der Waals surface area contributed by atoms with Crippen LogP contribution in [0.5, 0.6) is 0 Å². The molecule has 0 radical (unpaired) electrons.